The van der Waals surface area contributed by atoms with Crippen molar-refractivity contribution in [2.24, 2.45) is 10.1 Å². The Morgan fingerprint density at radius 1 is 1.20 bits per heavy atom. The largest absolute Gasteiger partial charge is 0.381 e. The Hall–Kier alpha value is -1.70. The summed E-state index contributed by atoms with van der Waals surface area (Å²) in [4.78, 5) is 8.16. The highest BCUT2D eigenvalue weighted by Crippen LogP contribution is 2.19. The molecule has 15 heavy (non-hydrogen) atoms. The van der Waals surface area contributed by atoms with E-state index in [1.165, 1.54) is 0 Å². The van der Waals surface area contributed by atoms with Gasteiger partial charge in [0.05, 0.1) is 11.4 Å². The molecule has 0 saturated heterocycles. The molecule has 1 aromatic heterocycles. The second-order valence-electron chi connectivity index (χ2n) is 3.15. The van der Waals surface area contributed by atoms with Gasteiger partial charge in [-0.15, -0.1) is 4.40 Å². The van der Waals surface area contributed by atoms with E-state index in [0.29, 0.717) is 11.4 Å². The number of anilines is 1. The van der Waals surface area contributed by atoms with Gasteiger partial charge in [0.15, 0.2) is 11.7 Å². The van der Waals surface area contributed by atoms with Crippen molar-refractivity contribution >= 4 is 21.9 Å². The van der Waals surface area contributed by atoms with E-state index in [1.807, 2.05) is 0 Å². The van der Waals surface area contributed by atoms with Gasteiger partial charge < -0.3 is 5.73 Å². The van der Waals surface area contributed by atoms with Crippen LogP contribution in [0.1, 0.15) is 17.1 Å². The van der Waals surface area contributed by atoms with Gasteiger partial charge in [-0.3, -0.25) is 0 Å². The lowest BCUT2D eigenvalue weighted by Gasteiger charge is -2.14. The number of hydrogen-bond acceptors (Lipinski definition) is 5. The summed E-state index contributed by atoms with van der Waals surface area (Å²) in [6.45, 7) is 3.50. The Morgan fingerprint density at radius 2 is 1.80 bits per heavy atom. The summed E-state index contributed by atoms with van der Waals surface area (Å²) in [6.07, 6.45) is 0. The first-order chi connectivity index (χ1) is 6.89. The Bertz CT molecular complexity index is 563. The number of nitrogens with one attached hydrogen (secondary N) is 1. The van der Waals surface area contributed by atoms with E-state index < -0.39 is 10.2 Å². The molecule has 0 unspecified atom stereocenters. The first-order valence-corrected chi connectivity index (χ1v) is 5.57. The number of aromatic nitrogens is 2. The molecule has 0 fully saturated rings. The van der Waals surface area contributed by atoms with Crippen LogP contribution in [0.3, 0.4) is 0 Å². The highest BCUT2D eigenvalue weighted by molar-refractivity contribution is 7.91. The second-order valence-corrected chi connectivity index (χ2v) is 4.48. The molecule has 0 bridgehead atoms. The maximum absolute atomic E-state index is 11.2. The topological polar surface area (TPSA) is 110 Å². The van der Waals surface area contributed by atoms with Gasteiger partial charge in [-0.25, -0.2) is 14.7 Å². The summed E-state index contributed by atoms with van der Waals surface area (Å²) in [5.41, 5.74) is 7.07. The zero-order valence-corrected chi connectivity index (χ0v) is 8.96. The van der Waals surface area contributed by atoms with Crippen LogP contribution < -0.4 is 10.5 Å². The third-order valence-electron chi connectivity index (χ3n) is 1.99. The van der Waals surface area contributed by atoms with E-state index in [4.69, 9.17) is 5.73 Å². The van der Waals surface area contributed by atoms with Crippen molar-refractivity contribution in [3.05, 3.63) is 17.1 Å². The predicted octanol–water partition coefficient (Wildman–Crippen LogP) is -0.531. The van der Waals surface area contributed by atoms with Crippen molar-refractivity contribution in [1.29, 1.82) is 0 Å². The molecular formula is C7H9N5O2S. The molecule has 0 amide bonds. The molecule has 0 spiro atoms. The molecule has 0 aliphatic carbocycles. The maximum Gasteiger partial charge on any atom is 0.345 e. The van der Waals surface area contributed by atoms with Crippen LogP contribution in [0.15, 0.2) is 4.40 Å². The van der Waals surface area contributed by atoms with Crippen molar-refractivity contribution in [3.8, 4) is 0 Å². The van der Waals surface area contributed by atoms with Gasteiger partial charge >= 0.3 is 10.2 Å². The van der Waals surface area contributed by atoms with Gasteiger partial charge in [0, 0.05) is 0 Å². The molecule has 80 valence electrons. The zero-order chi connectivity index (χ0) is 11.2. The highest BCUT2D eigenvalue weighted by Gasteiger charge is 2.24. The monoisotopic (exact) mass is 227 g/mol. The fourth-order valence-electron chi connectivity index (χ4n) is 1.17. The number of aryl methyl sites for hydroxylation is 2. The minimum atomic E-state index is -3.76. The molecule has 0 atom stereocenters. The van der Waals surface area contributed by atoms with Crippen LogP contribution in [0.5, 0.6) is 0 Å². The van der Waals surface area contributed by atoms with Crippen LogP contribution in [-0.2, 0) is 10.2 Å². The number of fused-ring (bicyclic) bond motifs is 1. The molecule has 2 heterocycles. The van der Waals surface area contributed by atoms with E-state index in [9.17, 15) is 8.42 Å². The van der Waals surface area contributed by atoms with Gasteiger partial charge in [0.2, 0.25) is 0 Å². The fraction of sp³-hybridized carbons (Fsp3) is 0.286. The third kappa shape index (κ3) is 1.63. The lowest BCUT2D eigenvalue weighted by atomic mass is 10.3. The molecule has 7 nitrogen and oxygen atoms in total. The van der Waals surface area contributed by atoms with Crippen molar-refractivity contribution in [2.45, 2.75) is 13.8 Å². The summed E-state index contributed by atoms with van der Waals surface area (Å²) in [5, 5.41) is 0. The summed E-state index contributed by atoms with van der Waals surface area (Å²) in [5.74, 6) is -0.00931. The molecule has 2 rings (SSSR count). The van der Waals surface area contributed by atoms with Crippen molar-refractivity contribution < 1.29 is 8.42 Å². The van der Waals surface area contributed by atoms with Gasteiger partial charge in [0.1, 0.15) is 5.69 Å². The summed E-state index contributed by atoms with van der Waals surface area (Å²) >= 11 is 0. The maximum atomic E-state index is 11.2. The third-order valence-corrected chi connectivity index (χ3v) is 2.88. The zero-order valence-electron chi connectivity index (χ0n) is 8.14. The van der Waals surface area contributed by atoms with Crippen LogP contribution in [0.25, 0.3) is 0 Å². The first kappa shape index (κ1) is 9.84. The van der Waals surface area contributed by atoms with Crippen LogP contribution in [0.2, 0.25) is 0 Å². The number of nitrogens with zero attached hydrogens (tertiary/aromatic N) is 3. The number of rotatable bonds is 0. The quantitative estimate of drug-likeness (QED) is 0.619. The Kier molecular flexibility index (Phi) is 1.90. The molecule has 8 heteroatoms. The fourth-order valence-corrected chi connectivity index (χ4v) is 1.95. The van der Waals surface area contributed by atoms with Gasteiger partial charge in [-0.2, -0.15) is 8.42 Å². The van der Waals surface area contributed by atoms with Gasteiger partial charge in [-0.1, -0.05) is 0 Å². The number of hydrogen-bond donors (Lipinski definition) is 2. The predicted molar refractivity (Wildman–Crippen MR) is 54.8 cm³/mol. The van der Waals surface area contributed by atoms with Crippen LogP contribution in [-0.4, -0.2) is 24.2 Å². The molecule has 1 aliphatic rings. The van der Waals surface area contributed by atoms with E-state index >= 15 is 0 Å². The first-order valence-electron chi connectivity index (χ1n) is 4.13. The van der Waals surface area contributed by atoms with Crippen LogP contribution in [0.4, 0.5) is 5.82 Å². The molecule has 0 aromatic carbocycles. The molecule has 3 N–H and O–H groups in total. The number of amidine groups is 1. The SMILES string of the molecule is Cc1nc2c(nc1C)C(N)=NS(=O)(=O)N2. The molecule has 1 aromatic rings. The lowest BCUT2D eigenvalue weighted by molar-refractivity contribution is 0.602. The van der Waals surface area contributed by atoms with Crippen LogP contribution in [0, 0.1) is 13.8 Å². The van der Waals surface area contributed by atoms with Gasteiger partial charge in [0.25, 0.3) is 0 Å². The molecule has 1 aliphatic heterocycles. The van der Waals surface area contributed by atoms with Crippen molar-refractivity contribution in [1.82, 2.24) is 9.97 Å². The highest BCUT2D eigenvalue weighted by atomic mass is 32.2. The summed E-state index contributed by atoms with van der Waals surface area (Å²) < 4.78 is 27.8. The second kappa shape index (κ2) is 2.89. The average molecular weight is 227 g/mol. The normalized spacial score (nSPS) is 17.6. The summed E-state index contributed by atoms with van der Waals surface area (Å²) in [7, 11) is -3.76. The minimum absolute atomic E-state index is 0.130. The Labute approximate surface area is 86.6 Å². The minimum Gasteiger partial charge on any atom is -0.381 e. The molecular weight excluding hydrogens is 218 g/mol. The average Bonchev–Trinajstić information content (AvgIpc) is 2.07. The van der Waals surface area contributed by atoms with Crippen LogP contribution >= 0.6 is 0 Å². The Balaban J connectivity index is 2.71. The molecule has 0 saturated carbocycles. The standard InChI is InChI=1S/C7H9N5O2S/c1-3-4(2)10-7-5(9-3)6(8)11-15(13,14)12-7/h1-2H3,(H2,8,11)(H,10,12). The van der Waals surface area contributed by atoms with E-state index in [0.717, 1.165) is 0 Å². The lowest BCUT2D eigenvalue weighted by Crippen LogP contribution is -2.28. The van der Waals surface area contributed by atoms with Gasteiger partial charge in [-0.05, 0) is 13.8 Å². The van der Waals surface area contributed by atoms with E-state index in [-0.39, 0.29) is 17.3 Å². The molecule has 0 radical (unpaired) electrons. The summed E-state index contributed by atoms with van der Waals surface area (Å²) in [6, 6.07) is 0. The van der Waals surface area contributed by atoms with Crippen molar-refractivity contribution in [3.63, 3.8) is 0 Å². The van der Waals surface area contributed by atoms with Crippen molar-refractivity contribution in [2.75, 3.05) is 4.72 Å². The van der Waals surface area contributed by atoms with E-state index in [1.54, 1.807) is 13.8 Å². The smallest absolute Gasteiger partial charge is 0.345 e. The Morgan fingerprint density at radius 3 is 2.47 bits per heavy atom. The number of nitrogens with two attached hydrogens (primary N) is 1. The van der Waals surface area contributed by atoms with E-state index in [2.05, 4.69) is 19.1 Å².